The van der Waals surface area contributed by atoms with Gasteiger partial charge in [-0.05, 0) is 42.8 Å². The summed E-state index contributed by atoms with van der Waals surface area (Å²) in [6.07, 6.45) is 0. The zero-order chi connectivity index (χ0) is 14.0. The van der Waals surface area contributed by atoms with Crippen LogP contribution in [0.1, 0.15) is 11.1 Å². The van der Waals surface area contributed by atoms with Crippen molar-refractivity contribution in [2.75, 3.05) is 11.9 Å². The third kappa shape index (κ3) is 2.90. The van der Waals surface area contributed by atoms with Crippen molar-refractivity contribution in [2.45, 2.75) is 6.92 Å². The molecule has 0 atom stereocenters. The predicted octanol–water partition coefficient (Wildman–Crippen LogP) is 3.54. The Morgan fingerprint density at radius 1 is 1.21 bits per heavy atom. The van der Waals surface area contributed by atoms with Gasteiger partial charge in [0.05, 0.1) is 5.69 Å². The van der Waals surface area contributed by atoms with Gasteiger partial charge in [0.25, 0.3) is 0 Å². The van der Waals surface area contributed by atoms with Crippen LogP contribution in [-0.4, -0.2) is 12.0 Å². The molecule has 0 saturated carbocycles. The molecule has 2 rings (SSSR count). The van der Waals surface area contributed by atoms with Crippen molar-refractivity contribution in [2.24, 2.45) is 5.73 Å². The van der Waals surface area contributed by atoms with Crippen molar-refractivity contribution < 1.29 is 4.39 Å². The summed E-state index contributed by atoms with van der Waals surface area (Å²) in [5.74, 6) is -0.343. The van der Waals surface area contributed by atoms with E-state index in [9.17, 15) is 4.39 Å². The second-order valence-corrected chi connectivity index (χ2v) is 4.86. The lowest BCUT2D eigenvalue weighted by atomic mass is 10.1. The number of rotatable bonds is 3. The fourth-order valence-corrected chi connectivity index (χ4v) is 2.14. The minimum Gasteiger partial charge on any atom is -0.389 e. The molecule has 0 aliphatic heterocycles. The Labute approximate surface area is 117 Å². The summed E-state index contributed by atoms with van der Waals surface area (Å²) >= 11 is 4.99. The molecule has 2 aromatic carbocycles. The Hall–Kier alpha value is -1.94. The van der Waals surface area contributed by atoms with Gasteiger partial charge in [0.15, 0.2) is 0 Å². The molecule has 0 aliphatic rings. The molecule has 0 amide bonds. The van der Waals surface area contributed by atoms with E-state index < -0.39 is 0 Å². The summed E-state index contributed by atoms with van der Waals surface area (Å²) in [5, 5.41) is 0. The molecule has 19 heavy (non-hydrogen) atoms. The van der Waals surface area contributed by atoms with Gasteiger partial charge in [-0.1, -0.05) is 24.4 Å². The second-order valence-electron chi connectivity index (χ2n) is 4.42. The van der Waals surface area contributed by atoms with E-state index in [1.165, 1.54) is 12.1 Å². The molecule has 0 unspecified atom stereocenters. The number of hydrogen-bond donors (Lipinski definition) is 1. The normalized spacial score (nSPS) is 10.3. The van der Waals surface area contributed by atoms with E-state index in [1.54, 1.807) is 6.07 Å². The molecule has 0 saturated heterocycles. The first-order valence-corrected chi connectivity index (χ1v) is 6.29. The maximum atomic E-state index is 13.3. The zero-order valence-corrected chi connectivity index (χ0v) is 11.7. The summed E-state index contributed by atoms with van der Waals surface area (Å²) in [6.45, 7) is 2.02. The van der Waals surface area contributed by atoms with E-state index in [2.05, 4.69) is 0 Å². The van der Waals surface area contributed by atoms with Gasteiger partial charge in [0, 0.05) is 18.3 Å². The molecule has 0 radical (unpaired) electrons. The summed E-state index contributed by atoms with van der Waals surface area (Å²) in [7, 11) is 1.91. The molecule has 2 nitrogen and oxygen atoms in total. The largest absolute Gasteiger partial charge is 0.389 e. The zero-order valence-electron chi connectivity index (χ0n) is 10.9. The van der Waals surface area contributed by atoms with Crippen LogP contribution in [0.3, 0.4) is 0 Å². The number of aryl methyl sites for hydroxylation is 1. The summed E-state index contributed by atoms with van der Waals surface area (Å²) in [5.41, 5.74) is 9.16. The third-order valence-electron chi connectivity index (χ3n) is 2.97. The number of hydrogen-bond acceptors (Lipinski definition) is 2. The highest BCUT2D eigenvalue weighted by Gasteiger charge is 2.12. The molecule has 2 aromatic rings. The molecule has 4 heteroatoms. The first-order valence-electron chi connectivity index (χ1n) is 5.89. The minimum atomic E-state index is -0.343. The third-order valence-corrected chi connectivity index (χ3v) is 3.19. The number of thiocarbonyl (C=S) groups is 1. The predicted molar refractivity (Wildman–Crippen MR) is 81.5 cm³/mol. The highest BCUT2D eigenvalue weighted by Crippen LogP contribution is 2.28. The molecule has 0 spiro atoms. The van der Waals surface area contributed by atoms with E-state index in [0.29, 0.717) is 5.56 Å². The van der Waals surface area contributed by atoms with Gasteiger partial charge in [-0.15, -0.1) is 0 Å². The highest BCUT2D eigenvalue weighted by atomic mass is 32.1. The number of benzene rings is 2. The fraction of sp³-hybridized carbons (Fsp3) is 0.133. The van der Waals surface area contributed by atoms with Crippen LogP contribution in [0.4, 0.5) is 15.8 Å². The number of nitrogens with two attached hydrogens (primary N) is 1. The fourth-order valence-electron chi connectivity index (χ4n) is 1.97. The highest BCUT2D eigenvalue weighted by molar-refractivity contribution is 7.80. The van der Waals surface area contributed by atoms with Gasteiger partial charge in [0.1, 0.15) is 10.8 Å². The Balaban J connectivity index is 2.49. The van der Waals surface area contributed by atoms with Crippen LogP contribution in [0, 0.1) is 12.7 Å². The van der Waals surface area contributed by atoms with E-state index >= 15 is 0 Å². The van der Waals surface area contributed by atoms with Gasteiger partial charge >= 0.3 is 0 Å². The summed E-state index contributed by atoms with van der Waals surface area (Å²) in [4.78, 5) is 2.13. The van der Waals surface area contributed by atoms with Crippen molar-refractivity contribution in [3.8, 4) is 0 Å². The lowest BCUT2D eigenvalue weighted by molar-refractivity contribution is 0.627. The van der Waals surface area contributed by atoms with Gasteiger partial charge in [-0.3, -0.25) is 0 Å². The Morgan fingerprint density at radius 3 is 2.58 bits per heavy atom. The van der Waals surface area contributed by atoms with Crippen LogP contribution in [0.5, 0.6) is 0 Å². The Morgan fingerprint density at radius 2 is 1.95 bits per heavy atom. The average Bonchev–Trinajstić information content (AvgIpc) is 2.37. The van der Waals surface area contributed by atoms with E-state index in [-0.39, 0.29) is 10.8 Å². The van der Waals surface area contributed by atoms with Gasteiger partial charge in [-0.2, -0.15) is 0 Å². The van der Waals surface area contributed by atoms with Gasteiger partial charge in [0.2, 0.25) is 0 Å². The second kappa shape index (κ2) is 5.36. The smallest absolute Gasteiger partial charge is 0.124 e. The topological polar surface area (TPSA) is 29.3 Å². The average molecular weight is 274 g/mol. The lowest BCUT2D eigenvalue weighted by Gasteiger charge is -2.22. The van der Waals surface area contributed by atoms with Crippen LogP contribution in [0.25, 0.3) is 0 Å². The van der Waals surface area contributed by atoms with Gasteiger partial charge in [-0.25, -0.2) is 4.39 Å². The van der Waals surface area contributed by atoms with Crippen LogP contribution in [0.2, 0.25) is 0 Å². The molecule has 0 fully saturated rings. The molecule has 0 aliphatic carbocycles. The molecule has 0 heterocycles. The van der Waals surface area contributed by atoms with Crippen molar-refractivity contribution in [3.05, 3.63) is 59.4 Å². The summed E-state index contributed by atoms with van der Waals surface area (Å²) in [6, 6.07) is 12.5. The number of anilines is 2. The maximum Gasteiger partial charge on any atom is 0.124 e. The molecular formula is C15H15FN2S. The quantitative estimate of drug-likeness (QED) is 0.868. The number of halogens is 1. The molecule has 98 valence electrons. The van der Waals surface area contributed by atoms with Crippen molar-refractivity contribution >= 4 is 28.6 Å². The van der Waals surface area contributed by atoms with Crippen LogP contribution < -0.4 is 10.6 Å². The molecule has 2 N–H and O–H groups in total. The van der Waals surface area contributed by atoms with E-state index in [4.69, 9.17) is 18.0 Å². The maximum absolute atomic E-state index is 13.3. The first kappa shape index (κ1) is 13.5. The molecule has 0 bridgehead atoms. The first-order chi connectivity index (χ1) is 8.99. The number of nitrogens with zero attached hydrogens (tertiary/aromatic N) is 1. The SMILES string of the molecule is Cc1cccc(N(C)c2ccc(F)cc2C(N)=S)c1. The van der Waals surface area contributed by atoms with Crippen LogP contribution in [0.15, 0.2) is 42.5 Å². The standard InChI is InChI=1S/C15H15FN2S/c1-10-4-3-5-12(8-10)18(2)14-7-6-11(16)9-13(14)15(17)19/h3-9H,1-2H3,(H2,17,19). The van der Waals surface area contributed by atoms with Crippen molar-refractivity contribution in [1.29, 1.82) is 0 Å². The van der Waals surface area contributed by atoms with Crippen LogP contribution >= 0.6 is 12.2 Å². The van der Waals surface area contributed by atoms with Crippen molar-refractivity contribution in [3.63, 3.8) is 0 Å². The van der Waals surface area contributed by atoms with Crippen LogP contribution in [-0.2, 0) is 0 Å². The van der Waals surface area contributed by atoms with E-state index in [0.717, 1.165) is 16.9 Å². The molecule has 0 aromatic heterocycles. The van der Waals surface area contributed by atoms with E-state index in [1.807, 2.05) is 43.1 Å². The lowest BCUT2D eigenvalue weighted by Crippen LogP contribution is -2.18. The summed E-state index contributed by atoms with van der Waals surface area (Å²) < 4.78 is 13.3. The molecular weight excluding hydrogens is 259 g/mol. The Bertz CT molecular complexity index is 625. The Kier molecular flexibility index (Phi) is 3.81. The monoisotopic (exact) mass is 274 g/mol. The minimum absolute atomic E-state index is 0.189. The van der Waals surface area contributed by atoms with Crippen molar-refractivity contribution in [1.82, 2.24) is 0 Å². The van der Waals surface area contributed by atoms with Gasteiger partial charge < -0.3 is 10.6 Å².